The van der Waals surface area contributed by atoms with E-state index in [9.17, 15) is 27.6 Å². The Morgan fingerprint density at radius 1 is 1.07 bits per heavy atom. The molecule has 8 heteroatoms. The lowest BCUT2D eigenvalue weighted by molar-refractivity contribution is -0.171. The molecule has 1 aromatic carbocycles. The minimum absolute atomic E-state index is 0.0288. The van der Waals surface area contributed by atoms with Gasteiger partial charge in [0.05, 0.1) is 11.8 Å². The van der Waals surface area contributed by atoms with Gasteiger partial charge in [-0.05, 0) is 61.1 Å². The van der Waals surface area contributed by atoms with Crippen LogP contribution in [0.1, 0.15) is 17.5 Å². The summed E-state index contributed by atoms with van der Waals surface area (Å²) in [4.78, 5) is 40.0. The van der Waals surface area contributed by atoms with Crippen molar-refractivity contribution in [3.8, 4) is 0 Å². The van der Waals surface area contributed by atoms with E-state index >= 15 is 0 Å². The Balaban J connectivity index is 1.50. The number of likely N-dealkylation sites (tertiary alicyclic amines) is 1. The van der Waals surface area contributed by atoms with Crippen molar-refractivity contribution in [2.45, 2.75) is 26.4 Å². The highest BCUT2D eigenvalue weighted by Gasteiger charge is 2.67. The smallest absolute Gasteiger partial charge is 0.286 e. The van der Waals surface area contributed by atoms with Gasteiger partial charge >= 0.3 is 12.1 Å². The topological polar surface area (TPSA) is 57.7 Å². The molecule has 0 N–H and O–H groups in total. The van der Waals surface area contributed by atoms with E-state index in [-0.39, 0.29) is 17.5 Å². The Kier molecular flexibility index (Phi) is 3.98. The highest BCUT2D eigenvalue weighted by atomic mass is 19.4. The van der Waals surface area contributed by atoms with Crippen LogP contribution in [0.3, 0.4) is 0 Å². The molecule has 5 aliphatic rings. The molecule has 0 spiro atoms. The van der Waals surface area contributed by atoms with Gasteiger partial charge in [0.25, 0.3) is 0 Å². The van der Waals surface area contributed by atoms with Gasteiger partial charge in [0, 0.05) is 5.69 Å². The summed E-state index contributed by atoms with van der Waals surface area (Å²) in [5.41, 5.74) is 1.26. The number of amides is 3. The maximum atomic E-state index is 13.4. The Morgan fingerprint density at radius 3 is 2.17 bits per heavy atom. The molecule has 0 aromatic heterocycles. The minimum atomic E-state index is -5.13. The van der Waals surface area contributed by atoms with Crippen LogP contribution in [-0.2, 0) is 14.4 Å². The van der Waals surface area contributed by atoms with Crippen molar-refractivity contribution in [3.63, 3.8) is 0 Å². The minimum Gasteiger partial charge on any atom is -0.286 e. The first-order valence-electron chi connectivity index (χ1n) is 10.1. The van der Waals surface area contributed by atoms with Gasteiger partial charge in [-0.15, -0.1) is 0 Å². The lowest BCUT2D eigenvalue weighted by Gasteiger charge is -2.37. The summed E-state index contributed by atoms with van der Waals surface area (Å²) < 4.78 is 40.1. The maximum Gasteiger partial charge on any atom is 0.471 e. The second-order valence-corrected chi connectivity index (χ2v) is 8.85. The summed E-state index contributed by atoms with van der Waals surface area (Å²) >= 11 is 0. The van der Waals surface area contributed by atoms with E-state index in [4.69, 9.17) is 0 Å². The number of carbonyl (C=O) groups excluding carboxylic acids is 3. The summed E-state index contributed by atoms with van der Waals surface area (Å²) in [5, 5.41) is 0. The molecule has 0 radical (unpaired) electrons. The van der Waals surface area contributed by atoms with Crippen molar-refractivity contribution in [1.82, 2.24) is 4.90 Å². The van der Waals surface area contributed by atoms with Crippen LogP contribution in [0.25, 0.3) is 0 Å². The van der Waals surface area contributed by atoms with E-state index in [0.717, 1.165) is 11.3 Å². The van der Waals surface area contributed by atoms with Crippen molar-refractivity contribution in [3.05, 3.63) is 41.5 Å². The van der Waals surface area contributed by atoms with Crippen LogP contribution in [0, 0.1) is 49.4 Å². The summed E-state index contributed by atoms with van der Waals surface area (Å²) in [6, 6.07) is 4.69. The zero-order chi connectivity index (χ0) is 21.5. The van der Waals surface area contributed by atoms with Gasteiger partial charge < -0.3 is 0 Å². The van der Waals surface area contributed by atoms with E-state index in [1.54, 1.807) is 26.0 Å². The van der Waals surface area contributed by atoms with Gasteiger partial charge in [0.2, 0.25) is 11.8 Å². The second kappa shape index (κ2) is 6.18. The molecule has 3 amide bonds. The Bertz CT molecular complexity index is 966. The van der Waals surface area contributed by atoms with Crippen LogP contribution in [0.2, 0.25) is 0 Å². The first kappa shape index (κ1) is 19.3. The number of hydrogen-bond donors (Lipinski definition) is 0. The van der Waals surface area contributed by atoms with Crippen molar-refractivity contribution >= 4 is 23.4 Å². The second-order valence-electron chi connectivity index (χ2n) is 8.85. The molecular formula is C22H21F3N2O3. The fraction of sp³-hybridized carbons (Fsp3) is 0.500. The molecule has 6 rings (SSSR count). The number of halogens is 3. The molecule has 2 saturated carbocycles. The number of hydrogen-bond acceptors (Lipinski definition) is 3. The molecule has 2 bridgehead atoms. The average Bonchev–Trinajstić information content (AvgIpc) is 3.47. The first-order chi connectivity index (χ1) is 14.1. The van der Waals surface area contributed by atoms with Gasteiger partial charge in [-0.2, -0.15) is 13.2 Å². The number of aryl methyl sites for hydroxylation is 1. The maximum absolute atomic E-state index is 13.4. The van der Waals surface area contributed by atoms with Crippen LogP contribution >= 0.6 is 0 Å². The highest BCUT2D eigenvalue weighted by Crippen LogP contribution is 2.65. The fourth-order valence-electron chi connectivity index (χ4n) is 5.73. The first-order valence-corrected chi connectivity index (χ1v) is 10.1. The summed E-state index contributed by atoms with van der Waals surface area (Å²) in [7, 11) is 0. The molecule has 6 atom stereocenters. The van der Waals surface area contributed by atoms with Gasteiger partial charge in [-0.3, -0.25) is 24.2 Å². The molecule has 1 aliphatic heterocycles. The Hall–Kier alpha value is -2.64. The fourth-order valence-corrected chi connectivity index (χ4v) is 5.73. The molecule has 3 fully saturated rings. The van der Waals surface area contributed by atoms with Crippen molar-refractivity contribution in [2.24, 2.45) is 35.5 Å². The Morgan fingerprint density at radius 2 is 1.63 bits per heavy atom. The standard InChI is InChI=1S/C22H21F3N2O3/c1-10-4-3-5-16(11(10)2)26(21(30)22(23,24)25)9-27-19(28)17-12-6-7-13(15-8-14(12)15)18(17)20(27)29/h3-7,12-15,17-18H,8-9H2,1-2H3/t12-,13-,14-,15-,17+,18+/m1/s1. The van der Waals surface area contributed by atoms with Crippen LogP contribution < -0.4 is 4.90 Å². The molecule has 5 nitrogen and oxygen atoms in total. The van der Waals surface area contributed by atoms with Gasteiger partial charge in [-0.1, -0.05) is 24.3 Å². The third-order valence-electron chi connectivity index (χ3n) is 7.39. The highest BCUT2D eigenvalue weighted by molar-refractivity contribution is 6.07. The average molecular weight is 418 g/mol. The number of carbonyl (C=O) groups is 3. The third-order valence-corrected chi connectivity index (χ3v) is 7.39. The van der Waals surface area contributed by atoms with Crippen molar-refractivity contribution in [2.75, 3.05) is 11.6 Å². The third kappa shape index (κ3) is 2.58. The van der Waals surface area contributed by atoms with Crippen LogP contribution in [-0.4, -0.2) is 35.5 Å². The zero-order valence-corrected chi connectivity index (χ0v) is 16.5. The molecule has 158 valence electrons. The van der Waals surface area contributed by atoms with Crippen LogP contribution in [0.5, 0.6) is 0 Å². The van der Waals surface area contributed by atoms with E-state index in [2.05, 4.69) is 0 Å². The van der Waals surface area contributed by atoms with Crippen molar-refractivity contribution in [1.29, 1.82) is 0 Å². The van der Waals surface area contributed by atoms with E-state index in [0.29, 0.717) is 27.9 Å². The number of imide groups is 1. The molecule has 1 aromatic rings. The monoisotopic (exact) mass is 418 g/mol. The largest absolute Gasteiger partial charge is 0.471 e. The Labute approximate surface area is 171 Å². The van der Waals surface area contributed by atoms with E-state index in [1.807, 2.05) is 12.2 Å². The molecule has 4 aliphatic carbocycles. The van der Waals surface area contributed by atoms with E-state index < -0.39 is 42.4 Å². The summed E-state index contributed by atoms with van der Waals surface area (Å²) in [6.07, 6.45) is -0.135. The SMILES string of the molecule is Cc1cccc(N(CN2C(=O)[C@H]3[C@@H]4C=C[C@H]([C@H]5C[C@H]45)[C@@H]3C2=O)C(=O)C(F)(F)F)c1C. The predicted molar refractivity (Wildman–Crippen MR) is 101 cm³/mol. The number of alkyl halides is 3. The summed E-state index contributed by atoms with van der Waals surface area (Å²) in [5.74, 6) is -3.31. The quantitative estimate of drug-likeness (QED) is 0.560. The number of benzene rings is 1. The van der Waals surface area contributed by atoms with E-state index in [1.165, 1.54) is 6.07 Å². The lowest BCUT2D eigenvalue weighted by atomic mass is 9.63. The molecule has 0 unspecified atom stereocenters. The summed E-state index contributed by atoms with van der Waals surface area (Å²) in [6.45, 7) is 2.62. The number of allylic oxidation sites excluding steroid dienone is 2. The lowest BCUT2D eigenvalue weighted by Crippen LogP contribution is -2.49. The van der Waals surface area contributed by atoms with Crippen LogP contribution in [0.15, 0.2) is 30.4 Å². The van der Waals surface area contributed by atoms with Crippen molar-refractivity contribution < 1.29 is 27.6 Å². The number of rotatable bonds is 3. The zero-order valence-electron chi connectivity index (χ0n) is 16.5. The van der Waals surface area contributed by atoms with Gasteiger partial charge in [0.1, 0.15) is 6.67 Å². The molecule has 30 heavy (non-hydrogen) atoms. The molecule has 1 saturated heterocycles. The van der Waals surface area contributed by atoms with Gasteiger partial charge in [-0.25, -0.2) is 0 Å². The molecular weight excluding hydrogens is 397 g/mol. The predicted octanol–water partition coefficient (Wildman–Crippen LogP) is 3.21. The normalized spacial score (nSPS) is 33.6. The number of nitrogens with zero attached hydrogens (tertiary/aromatic N) is 2. The van der Waals surface area contributed by atoms with Crippen LogP contribution in [0.4, 0.5) is 18.9 Å². The van der Waals surface area contributed by atoms with Gasteiger partial charge in [0.15, 0.2) is 0 Å². The molecule has 1 heterocycles. The number of anilines is 1.